The maximum absolute atomic E-state index is 12.6. The highest BCUT2D eigenvalue weighted by Gasteiger charge is 2.24. The fourth-order valence-corrected chi connectivity index (χ4v) is 3.28. The Balaban J connectivity index is 0.00000220. The molecule has 5 heteroatoms. The Labute approximate surface area is 147 Å². The van der Waals surface area contributed by atoms with Gasteiger partial charge in [-0.25, -0.2) is 0 Å². The lowest BCUT2D eigenvalue weighted by Crippen LogP contribution is -2.39. The van der Waals surface area contributed by atoms with E-state index < -0.39 is 0 Å². The van der Waals surface area contributed by atoms with Crippen molar-refractivity contribution in [3.05, 3.63) is 32.9 Å². The molecule has 1 N–H and O–H groups in total. The molecule has 118 valence electrons. The van der Waals surface area contributed by atoms with Crippen molar-refractivity contribution in [2.75, 3.05) is 26.7 Å². The summed E-state index contributed by atoms with van der Waals surface area (Å²) in [7, 11) is 2.00. The summed E-state index contributed by atoms with van der Waals surface area (Å²) in [4.78, 5) is 14.6. The van der Waals surface area contributed by atoms with E-state index in [0.717, 1.165) is 53.1 Å². The molecule has 1 saturated heterocycles. The number of rotatable bonds is 4. The zero-order valence-corrected chi connectivity index (χ0v) is 15.7. The molecule has 0 radical (unpaired) electrons. The predicted molar refractivity (Wildman–Crippen MR) is 98.3 cm³/mol. The van der Waals surface area contributed by atoms with E-state index in [1.165, 1.54) is 6.42 Å². The molecule has 0 atom stereocenters. The maximum atomic E-state index is 12.6. The van der Waals surface area contributed by atoms with Crippen LogP contribution in [-0.2, 0) is 0 Å². The second-order valence-corrected chi connectivity index (χ2v) is 6.70. The molecular weight excluding hydrogens is 399 g/mol. The Morgan fingerprint density at radius 2 is 2.05 bits per heavy atom. The molecule has 1 fully saturated rings. The Hall–Kier alpha value is -0.330. The van der Waals surface area contributed by atoms with Crippen LogP contribution in [0.25, 0.3) is 0 Å². The van der Waals surface area contributed by atoms with Gasteiger partial charge in [-0.1, -0.05) is 6.07 Å². The number of hydrogen-bond donors (Lipinski definition) is 1. The first-order valence-electron chi connectivity index (χ1n) is 7.32. The maximum Gasteiger partial charge on any atom is 0.254 e. The van der Waals surface area contributed by atoms with Crippen LogP contribution in [0.5, 0.6) is 0 Å². The molecule has 0 saturated carbocycles. The summed E-state index contributed by atoms with van der Waals surface area (Å²) in [5.41, 5.74) is 1.97. The summed E-state index contributed by atoms with van der Waals surface area (Å²) in [6, 6.07) is 5.98. The molecular formula is C16H24ClIN2O. The Morgan fingerprint density at radius 1 is 1.38 bits per heavy atom. The number of benzene rings is 1. The van der Waals surface area contributed by atoms with E-state index in [9.17, 15) is 4.79 Å². The van der Waals surface area contributed by atoms with E-state index in [-0.39, 0.29) is 18.3 Å². The van der Waals surface area contributed by atoms with Crippen molar-refractivity contribution in [1.82, 2.24) is 10.2 Å². The van der Waals surface area contributed by atoms with Crippen molar-refractivity contribution < 1.29 is 4.79 Å². The molecule has 0 aromatic heterocycles. The van der Waals surface area contributed by atoms with Crippen molar-refractivity contribution in [2.24, 2.45) is 5.92 Å². The van der Waals surface area contributed by atoms with Gasteiger partial charge in [0.15, 0.2) is 0 Å². The van der Waals surface area contributed by atoms with Crippen molar-refractivity contribution in [2.45, 2.75) is 26.2 Å². The van der Waals surface area contributed by atoms with Crippen LogP contribution in [-0.4, -0.2) is 37.5 Å². The van der Waals surface area contributed by atoms with Crippen molar-refractivity contribution in [3.63, 3.8) is 0 Å². The molecule has 1 aromatic rings. The second-order valence-electron chi connectivity index (χ2n) is 5.54. The second kappa shape index (κ2) is 8.96. The Bertz CT molecular complexity index is 473. The standard InChI is InChI=1S/C16H23IN2O.ClH/c1-12-14(4-3-5-15(12)17)16(20)19-10-7-13(8-11-19)6-9-18-2;/h3-5,13,18H,6-11H2,1-2H3;1H. The van der Waals surface area contributed by atoms with E-state index >= 15 is 0 Å². The fourth-order valence-electron chi connectivity index (χ4n) is 2.78. The average Bonchev–Trinajstić information content (AvgIpc) is 2.48. The number of carbonyl (C=O) groups is 1. The van der Waals surface area contributed by atoms with Crippen LogP contribution >= 0.6 is 35.0 Å². The van der Waals surface area contributed by atoms with Crippen molar-refractivity contribution in [1.29, 1.82) is 0 Å². The summed E-state index contributed by atoms with van der Waals surface area (Å²) in [5.74, 6) is 0.969. The minimum Gasteiger partial charge on any atom is -0.339 e. The molecule has 0 spiro atoms. The van der Waals surface area contributed by atoms with Crippen molar-refractivity contribution >= 4 is 40.9 Å². The Morgan fingerprint density at radius 3 is 2.67 bits per heavy atom. The summed E-state index contributed by atoms with van der Waals surface area (Å²) >= 11 is 2.29. The molecule has 0 unspecified atom stereocenters. The van der Waals surface area contributed by atoms with Gasteiger partial charge in [0.25, 0.3) is 5.91 Å². The lowest BCUT2D eigenvalue weighted by Gasteiger charge is -2.32. The van der Waals surface area contributed by atoms with Crippen LogP contribution < -0.4 is 5.32 Å². The number of piperidine rings is 1. The van der Waals surface area contributed by atoms with Gasteiger partial charge in [0, 0.05) is 22.2 Å². The zero-order chi connectivity index (χ0) is 14.5. The van der Waals surface area contributed by atoms with Gasteiger partial charge in [-0.05, 0) is 86.0 Å². The van der Waals surface area contributed by atoms with Crippen LogP contribution in [0, 0.1) is 16.4 Å². The number of halogens is 2. The quantitative estimate of drug-likeness (QED) is 0.754. The monoisotopic (exact) mass is 422 g/mol. The Kier molecular flexibility index (Phi) is 7.98. The number of amides is 1. The topological polar surface area (TPSA) is 32.3 Å². The molecule has 1 aromatic carbocycles. The van der Waals surface area contributed by atoms with Crippen LogP contribution in [0.3, 0.4) is 0 Å². The average molecular weight is 423 g/mol. The fraction of sp³-hybridized carbons (Fsp3) is 0.562. The third-order valence-corrected chi connectivity index (χ3v) is 5.37. The van der Waals surface area contributed by atoms with Gasteiger partial charge in [-0.15, -0.1) is 12.4 Å². The molecule has 1 amide bonds. The number of nitrogens with zero attached hydrogens (tertiary/aromatic N) is 1. The van der Waals surface area contributed by atoms with Gasteiger partial charge in [0.2, 0.25) is 0 Å². The zero-order valence-electron chi connectivity index (χ0n) is 12.7. The van der Waals surface area contributed by atoms with Crippen LogP contribution in [0.2, 0.25) is 0 Å². The predicted octanol–water partition coefficient (Wildman–Crippen LogP) is 3.48. The van der Waals surface area contributed by atoms with Crippen LogP contribution in [0.4, 0.5) is 0 Å². The first kappa shape index (κ1) is 18.7. The van der Waals surface area contributed by atoms with E-state index in [1.54, 1.807) is 0 Å². The molecule has 21 heavy (non-hydrogen) atoms. The molecule has 0 aliphatic carbocycles. The number of nitrogens with one attached hydrogen (secondary N) is 1. The molecule has 0 bridgehead atoms. The van der Waals surface area contributed by atoms with E-state index in [4.69, 9.17) is 0 Å². The van der Waals surface area contributed by atoms with Crippen LogP contribution in [0.1, 0.15) is 35.2 Å². The highest BCUT2D eigenvalue weighted by molar-refractivity contribution is 14.1. The summed E-state index contributed by atoms with van der Waals surface area (Å²) < 4.78 is 1.16. The smallest absolute Gasteiger partial charge is 0.254 e. The van der Waals surface area contributed by atoms with Crippen LogP contribution in [0.15, 0.2) is 18.2 Å². The molecule has 1 heterocycles. The summed E-state index contributed by atoms with van der Waals surface area (Å²) in [6.45, 7) is 4.92. The molecule has 1 aliphatic heterocycles. The highest BCUT2D eigenvalue weighted by Crippen LogP contribution is 2.23. The molecule has 3 nitrogen and oxygen atoms in total. The largest absolute Gasteiger partial charge is 0.339 e. The van der Waals surface area contributed by atoms with Gasteiger partial charge in [0.05, 0.1) is 0 Å². The first-order chi connectivity index (χ1) is 9.63. The number of hydrogen-bond acceptors (Lipinski definition) is 2. The normalized spacial score (nSPS) is 15.7. The van der Waals surface area contributed by atoms with E-state index in [0.29, 0.717) is 0 Å². The number of likely N-dealkylation sites (tertiary alicyclic amines) is 1. The molecule has 2 rings (SSSR count). The molecule has 1 aliphatic rings. The highest BCUT2D eigenvalue weighted by atomic mass is 127. The summed E-state index contributed by atoms with van der Waals surface area (Å²) in [5, 5.41) is 3.21. The summed E-state index contributed by atoms with van der Waals surface area (Å²) in [6.07, 6.45) is 3.49. The third-order valence-electron chi connectivity index (χ3n) is 4.20. The lowest BCUT2D eigenvalue weighted by atomic mass is 9.93. The van der Waals surface area contributed by atoms with Gasteiger partial charge in [-0.2, -0.15) is 0 Å². The first-order valence-corrected chi connectivity index (χ1v) is 8.40. The number of carbonyl (C=O) groups excluding carboxylic acids is 1. The van der Waals surface area contributed by atoms with E-state index in [2.05, 4.69) is 34.0 Å². The van der Waals surface area contributed by atoms with Gasteiger partial charge in [0.1, 0.15) is 0 Å². The third kappa shape index (κ3) is 4.83. The van der Waals surface area contributed by atoms with Crippen molar-refractivity contribution in [3.8, 4) is 0 Å². The minimum atomic E-state index is 0. The lowest BCUT2D eigenvalue weighted by molar-refractivity contribution is 0.0686. The van der Waals surface area contributed by atoms with Gasteiger partial charge >= 0.3 is 0 Å². The van der Waals surface area contributed by atoms with E-state index in [1.807, 2.05) is 31.0 Å². The minimum absolute atomic E-state index is 0. The van der Waals surface area contributed by atoms with Gasteiger partial charge < -0.3 is 10.2 Å². The van der Waals surface area contributed by atoms with Gasteiger partial charge in [-0.3, -0.25) is 4.79 Å². The SMILES string of the molecule is CNCCC1CCN(C(=O)c2cccc(I)c2C)CC1.Cl.